The van der Waals surface area contributed by atoms with Crippen LogP contribution in [0, 0.1) is 0 Å². The number of ether oxygens (including phenoxy) is 2. The number of nitrogens with zero attached hydrogens (tertiary/aromatic N) is 3. The first-order valence-corrected chi connectivity index (χ1v) is 6.45. The summed E-state index contributed by atoms with van der Waals surface area (Å²) in [4.78, 5) is 28.5. The highest BCUT2D eigenvalue weighted by Gasteiger charge is 2.23. The van der Waals surface area contributed by atoms with E-state index in [1.807, 2.05) is 20.8 Å². The third-order valence-corrected chi connectivity index (χ3v) is 2.64. The lowest BCUT2D eigenvalue weighted by Gasteiger charge is -2.17. The van der Waals surface area contributed by atoms with E-state index < -0.39 is 11.9 Å². The van der Waals surface area contributed by atoms with Crippen molar-refractivity contribution < 1.29 is 23.6 Å². The molecule has 0 fully saturated rings. The fourth-order valence-corrected chi connectivity index (χ4v) is 1.48. The van der Waals surface area contributed by atoms with Gasteiger partial charge in [0.2, 0.25) is 5.89 Å². The minimum Gasteiger partial charge on any atom is -0.468 e. The second-order valence-corrected chi connectivity index (χ2v) is 5.56. The predicted octanol–water partition coefficient (Wildman–Crippen LogP) is 0.515. The van der Waals surface area contributed by atoms with Gasteiger partial charge in [-0.2, -0.15) is 4.98 Å². The molecule has 0 aliphatic rings. The fraction of sp³-hybridized carbons (Fsp3) is 0.692. The van der Waals surface area contributed by atoms with Crippen molar-refractivity contribution in [1.29, 1.82) is 0 Å². The zero-order valence-corrected chi connectivity index (χ0v) is 13.0. The summed E-state index contributed by atoms with van der Waals surface area (Å²) in [6.07, 6.45) is 0. The number of carbonyl (C=O) groups is 2. The van der Waals surface area contributed by atoms with Crippen molar-refractivity contribution in [1.82, 2.24) is 15.0 Å². The van der Waals surface area contributed by atoms with Gasteiger partial charge in [0.05, 0.1) is 33.9 Å². The number of esters is 2. The SMILES string of the molecule is COC(=O)CN(CC(=O)OC)Cc1noc(C(C)(C)C)n1. The number of hydrogen-bond donors (Lipinski definition) is 0. The van der Waals surface area contributed by atoms with Crippen molar-refractivity contribution in [3.05, 3.63) is 11.7 Å². The largest absolute Gasteiger partial charge is 0.468 e. The van der Waals surface area contributed by atoms with Crippen molar-refractivity contribution in [2.45, 2.75) is 32.7 Å². The highest BCUT2D eigenvalue weighted by molar-refractivity contribution is 5.74. The van der Waals surface area contributed by atoms with Crippen LogP contribution in [0.1, 0.15) is 32.5 Å². The first kappa shape index (κ1) is 17.1. The van der Waals surface area contributed by atoms with Crippen LogP contribution >= 0.6 is 0 Å². The first-order valence-electron chi connectivity index (χ1n) is 6.45. The highest BCUT2D eigenvalue weighted by atomic mass is 16.5. The normalized spacial score (nSPS) is 11.5. The molecule has 8 nitrogen and oxygen atoms in total. The van der Waals surface area contributed by atoms with E-state index in [0.29, 0.717) is 11.7 Å². The Labute approximate surface area is 123 Å². The van der Waals surface area contributed by atoms with E-state index in [4.69, 9.17) is 4.52 Å². The third-order valence-electron chi connectivity index (χ3n) is 2.64. The molecule has 0 saturated heterocycles. The number of methoxy groups -OCH3 is 2. The summed E-state index contributed by atoms with van der Waals surface area (Å²) in [6, 6.07) is 0. The number of rotatable bonds is 6. The lowest BCUT2D eigenvalue weighted by molar-refractivity contribution is -0.145. The summed E-state index contributed by atoms with van der Waals surface area (Å²) in [5.74, 6) is -0.0294. The molecule has 0 saturated carbocycles. The second-order valence-electron chi connectivity index (χ2n) is 5.56. The van der Waals surface area contributed by atoms with Crippen LogP contribution in [-0.2, 0) is 31.0 Å². The summed E-state index contributed by atoms with van der Waals surface area (Å²) in [5, 5.41) is 3.86. The smallest absolute Gasteiger partial charge is 0.319 e. The average molecular weight is 299 g/mol. The molecule has 1 aromatic rings. The summed E-state index contributed by atoms with van der Waals surface area (Å²) in [7, 11) is 2.56. The van der Waals surface area contributed by atoms with Crippen molar-refractivity contribution >= 4 is 11.9 Å². The standard InChI is InChI=1S/C13H21N3O5/c1-13(2,3)12-14-9(15-21-12)6-16(7-10(17)19-4)8-11(18)20-5/h6-8H2,1-5H3. The second kappa shape index (κ2) is 7.16. The van der Waals surface area contributed by atoms with E-state index in [9.17, 15) is 9.59 Å². The maximum Gasteiger partial charge on any atom is 0.319 e. The molecule has 21 heavy (non-hydrogen) atoms. The quantitative estimate of drug-likeness (QED) is 0.701. The molecular weight excluding hydrogens is 278 g/mol. The Morgan fingerprint density at radius 1 is 1.14 bits per heavy atom. The molecule has 0 amide bonds. The van der Waals surface area contributed by atoms with Crippen LogP contribution in [-0.4, -0.2) is 54.3 Å². The first-order chi connectivity index (χ1) is 9.76. The van der Waals surface area contributed by atoms with Crippen molar-refractivity contribution in [3.8, 4) is 0 Å². The van der Waals surface area contributed by atoms with Gasteiger partial charge in [-0.05, 0) is 0 Å². The van der Waals surface area contributed by atoms with Gasteiger partial charge in [-0.3, -0.25) is 14.5 Å². The van der Waals surface area contributed by atoms with Crippen LogP contribution in [0.4, 0.5) is 0 Å². The molecule has 1 heterocycles. The number of aromatic nitrogens is 2. The van der Waals surface area contributed by atoms with Gasteiger partial charge in [-0.15, -0.1) is 0 Å². The van der Waals surface area contributed by atoms with Crippen LogP contribution in [0.2, 0.25) is 0 Å². The summed E-state index contributed by atoms with van der Waals surface area (Å²) in [6.45, 7) is 5.90. The highest BCUT2D eigenvalue weighted by Crippen LogP contribution is 2.19. The van der Waals surface area contributed by atoms with Crippen molar-refractivity contribution in [2.24, 2.45) is 0 Å². The van der Waals surface area contributed by atoms with Gasteiger partial charge >= 0.3 is 11.9 Å². The van der Waals surface area contributed by atoms with Gasteiger partial charge < -0.3 is 14.0 Å². The summed E-state index contributed by atoms with van der Waals surface area (Å²) in [5.41, 5.74) is -0.263. The van der Waals surface area contributed by atoms with Crippen LogP contribution in [0.3, 0.4) is 0 Å². The van der Waals surface area contributed by atoms with Crippen molar-refractivity contribution in [3.63, 3.8) is 0 Å². The van der Waals surface area contributed by atoms with E-state index in [1.54, 1.807) is 0 Å². The molecule has 0 aliphatic heterocycles. The molecule has 118 valence electrons. The maximum absolute atomic E-state index is 11.4. The van der Waals surface area contributed by atoms with Crippen LogP contribution < -0.4 is 0 Å². The minimum absolute atomic E-state index is 0.0645. The summed E-state index contributed by atoms with van der Waals surface area (Å²) < 4.78 is 14.4. The Bertz CT molecular complexity index is 474. The van der Waals surface area contributed by atoms with E-state index in [0.717, 1.165) is 0 Å². The Balaban J connectivity index is 2.77. The molecule has 8 heteroatoms. The topological polar surface area (TPSA) is 94.8 Å². The van der Waals surface area contributed by atoms with Gasteiger partial charge in [0.15, 0.2) is 5.82 Å². The molecular formula is C13H21N3O5. The Hall–Kier alpha value is -1.96. The minimum atomic E-state index is -0.460. The molecule has 1 aromatic heterocycles. The Morgan fingerprint density at radius 2 is 1.67 bits per heavy atom. The van der Waals surface area contributed by atoms with Gasteiger partial charge in [-0.25, -0.2) is 0 Å². The van der Waals surface area contributed by atoms with Gasteiger partial charge in [0, 0.05) is 5.41 Å². The van der Waals surface area contributed by atoms with E-state index in [-0.39, 0.29) is 25.0 Å². The molecule has 0 aliphatic carbocycles. The van der Waals surface area contributed by atoms with E-state index in [2.05, 4.69) is 19.6 Å². The third kappa shape index (κ3) is 5.50. The van der Waals surface area contributed by atoms with Crippen LogP contribution in [0.25, 0.3) is 0 Å². The monoisotopic (exact) mass is 299 g/mol. The molecule has 0 unspecified atom stereocenters. The van der Waals surface area contributed by atoms with Gasteiger partial charge in [-0.1, -0.05) is 25.9 Å². The summed E-state index contributed by atoms with van der Waals surface area (Å²) >= 11 is 0. The molecule has 0 N–H and O–H groups in total. The molecule has 0 spiro atoms. The molecule has 1 rings (SSSR count). The zero-order valence-electron chi connectivity index (χ0n) is 13.0. The number of carbonyl (C=O) groups excluding carboxylic acids is 2. The van der Waals surface area contributed by atoms with Crippen LogP contribution in [0.5, 0.6) is 0 Å². The Morgan fingerprint density at radius 3 is 2.05 bits per heavy atom. The van der Waals surface area contributed by atoms with Crippen LogP contribution in [0.15, 0.2) is 4.52 Å². The molecule has 0 radical (unpaired) electrons. The predicted molar refractivity (Wildman–Crippen MR) is 72.3 cm³/mol. The van der Waals surface area contributed by atoms with E-state index >= 15 is 0 Å². The van der Waals surface area contributed by atoms with Gasteiger partial charge in [0.25, 0.3) is 0 Å². The Kier molecular flexibility index (Phi) is 5.83. The van der Waals surface area contributed by atoms with E-state index in [1.165, 1.54) is 19.1 Å². The fourth-order valence-electron chi connectivity index (χ4n) is 1.48. The van der Waals surface area contributed by atoms with Crippen molar-refractivity contribution in [2.75, 3.05) is 27.3 Å². The lowest BCUT2D eigenvalue weighted by atomic mass is 9.97. The molecule has 0 aromatic carbocycles. The average Bonchev–Trinajstić information content (AvgIpc) is 2.86. The maximum atomic E-state index is 11.4. The molecule has 0 atom stereocenters. The zero-order chi connectivity index (χ0) is 16.0. The number of hydrogen-bond acceptors (Lipinski definition) is 8. The van der Waals surface area contributed by atoms with Gasteiger partial charge in [0.1, 0.15) is 0 Å². The molecule has 0 bridgehead atoms. The lowest BCUT2D eigenvalue weighted by Crippen LogP contribution is -2.35.